The molecule has 1 atom stereocenters. The molecule has 0 saturated heterocycles. The van der Waals surface area contributed by atoms with Crippen LogP contribution in [0.5, 0.6) is 5.75 Å². The number of nitrogens with zero attached hydrogens (tertiary/aromatic N) is 3. The monoisotopic (exact) mass is 310 g/mol. The largest absolute Gasteiger partial charge is 0.494 e. The van der Waals surface area contributed by atoms with Gasteiger partial charge in [0.05, 0.1) is 13.3 Å². The Morgan fingerprint density at radius 2 is 2.09 bits per heavy atom. The van der Waals surface area contributed by atoms with Crippen LogP contribution in [0.4, 0.5) is 0 Å². The highest BCUT2D eigenvalue weighted by Crippen LogP contribution is 2.33. The molecule has 2 N–H and O–H groups in total. The average molecular weight is 310 g/mol. The van der Waals surface area contributed by atoms with Crippen LogP contribution in [0.2, 0.25) is 0 Å². The third-order valence-corrected chi connectivity index (χ3v) is 3.90. The number of aryl methyl sites for hydroxylation is 1. The van der Waals surface area contributed by atoms with Gasteiger partial charge in [-0.3, -0.25) is 9.48 Å². The number of fused-ring (bicyclic) bond motifs is 1. The predicted molar refractivity (Wildman–Crippen MR) is 88.2 cm³/mol. The van der Waals surface area contributed by atoms with Gasteiger partial charge >= 0.3 is 0 Å². The fourth-order valence-corrected chi connectivity index (χ4v) is 2.53. The van der Waals surface area contributed by atoms with Gasteiger partial charge in [-0.2, -0.15) is 5.10 Å². The van der Waals surface area contributed by atoms with E-state index in [1.807, 2.05) is 37.4 Å². The SMILES string of the molecule is COc1ccc(-c2cnn([C@H](C)C(N)=O)c2)c2ccc(C)nc12. The molecule has 2 heterocycles. The van der Waals surface area contributed by atoms with E-state index in [-0.39, 0.29) is 0 Å². The molecule has 0 saturated carbocycles. The number of benzene rings is 1. The second-order valence-electron chi connectivity index (χ2n) is 5.45. The first-order chi connectivity index (χ1) is 11.0. The summed E-state index contributed by atoms with van der Waals surface area (Å²) in [6.45, 7) is 3.66. The van der Waals surface area contributed by atoms with Gasteiger partial charge in [0.2, 0.25) is 5.91 Å². The van der Waals surface area contributed by atoms with Crippen molar-refractivity contribution in [1.29, 1.82) is 0 Å². The van der Waals surface area contributed by atoms with Gasteiger partial charge in [0.1, 0.15) is 17.3 Å². The Bertz CT molecular complexity index is 885. The lowest BCUT2D eigenvalue weighted by molar-refractivity contribution is -0.120. The zero-order valence-corrected chi connectivity index (χ0v) is 13.3. The number of primary amides is 1. The molecule has 3 aromatic rings. The Hall–Kier alpha value is -2.89. The molecule has 118 valence electrons. The molecule has 0 aliphatic rings. The Balaban J connectivity index is 2.16. The van der Waals surface area contributed by atoms with Crippen molar-refractivity contribution in [2.45, 2.75) is 19.9 Å². The molecule has 1 amide bonds. The average Bonchev–Trinajstić information content (AvgIpc) is 3.02. The highest BCUT2D eigenvalue weighted by atomic mass is 16.5. The fourth-order valence-electron chi connectivity index (χ4n) is 2.53. The van der Waals surface area contributed by atoms with Crippen LogP contribution >= 0.6 is 0 Å². The Labute approximate surface area is 133 Å². The van der Waals surface area contributed by atoms with Crippen LogP contribution in [0.3, 0.4) is 0 Å². The van der Waals surface area contributed by atoms with Crippen molar-refractivity contribution >= 4 is 16.8 Å². The Morgan fingerprint density at radius 3 is 2.78 bits per heavy atom. The lowest BCUT2D eigenvalue weighted by Gasteiger charge is -2.10. The maximum absolute atomic E-state index is 11.3. The lowest BCUT2D eigenvalue weighted by Crippen LogP contribution is -2.24. The van der Waals surface area contributed by atoms with Crippen molar-refractivity contribution in [3.8, 4) is 16.9 Å². The second kappa shape index (κ2) is 5.72. The summed E-state index contributed by atoms with van der Waals surface area (Å²) in [6.07, 6.45) is 3.54. The quantitative estimate of drug-likeness (QED) is 0.802. The summed E-state index contributed by atoms with van der Waals surface area (Å²) in [5.41, 5.74) is 8.95. The van der Waals surface area contributed by atoms with Crippen LogP contribution in [-0.2, 0) is 4.79 Å². The van der Waals surface area contributed by atoms with Crippen molar-refractivity contribution in [3.63, 3.8) is 0 Å². The van der Waals surface area contributed by atoms with Crippen molar-refractivity contribution in [2.24, 2.45) is 5.73 Å². The zero-order valence-electron chi connectivity index (χ0n) is 13.3. The van der Waals surface area contributed by atoms with Gasteiger partial charge in [-0.15, -0.1) is 0 Å². The number of carbonyl (C=O) groups excluding carboxylic acids is 1. The molecule has 0 fully saturated rings. The highest BCUT2D eigenvalue weighted by molar-refractivity contribution is 5.97. The summed E-state index contributed by atoms with van der Waals surface area (Å²) in [4.78, 5) is 15.9. The third kappa shape index (κ3) is 2.63. The number of ether oxygens (including phenoxy) is 1. The van der Waals surface area contributed by atoms with Gasteiger partial charge < -0.3 is 10.5 Å². The van der Waals surface area contributed by atoms with E-state index in [4.69, 9.17) is 10.5 Å². The first-order valence-electron chi connectivity index (χ1n) is 7.29. The standard InChI is InChI=1S/C17H18N4O2/c1-10-4-5-14-13(6-7-15(23-3)16(14)20-10)12-8-19-21(9-12)11(2)17(18)22/h4-9,11H,1-3H3,(H2,18,22)/t11-/m1/s1. The minimum Gasteiger partial charge on any atom is -0.494 e. The van der Waals surface area contributed by atoms with E-state index >= 15 is 0 Å². The Morgan fingerprint density at radius 1 is 1.30 bits per heavy atom. The summed E-state index contributed by atoms with van der Waals surface area (Å²) in [7, 11) is 1.63. The normalized spacial score (nSPS) is 12.3. The summed E-state index contributed by atoms with van der Waals surface area (Å²) in [6, 6.07) is 7.34. The number of carbonyl (C=O) groups is 1. The van der Waals surface area contributed by atoms with Crippen LogP contribution in [0.25, 0.3) is 22.0 Å². The van der Waals surface area contributed by atoms with E-state index in [0.29, 0.717) is 0 Å². The Kier molecular flexibility index (Phi) is 3.73. The van der Waals surface area contributed by atoms with E-state index < -0.39 is 11.9 Å². The number of methoxy groups -OCH3 is 1. The van der Waals surface area contributed by atoms with Gasteiger partial charge in [0.25, 0.3) is 0 Å². The van der Waals surface area contributed by atoms with E-state index in [2.05, 4.69) is 10.1 Å². The fraction of sp³-hybridized carbons (Fsp3) is 0.235. The zero-order chi connectivity index (χ0) is 16.6. The molecular weight excluding hydrogens is 292 g/mol. The number of rotatable bonds is 4. The van der Waals surface area contributed by atoms with E-state index in [1.54, 1.807) is 24.9 Å². The number of amides is 1. The minimum atomic E-state index is -0.492. The van der Waals surface area contributed by atoms with Crippen molar-refractivity contribution in [1.82, 2.24) is 14.8 Å². The first-order valence-corrected chi connectivity index (χ1v) is 7.29. The van der Waals surface area contributed by atoms with Crippen molar-refractivity contribution in [3.05, 3.63) is 42.4 Å². The molecule has 0 radical (unpaired) electrons. The molecule has 6 nitrogen and oxygen atoms in total. The van der Waals surface area contributed by atoms with Crippen LogP contribution in [0.15, 0.2) is 36.7 Å². The summed E-state index contributed by atoms with van der Waals surface area (Å²) >= 11 is 0. The van der Waals surface area contributed by atoms with E-state index in [1.165, 1.54) is 0 Å². The molecule has 0 spiro atoms. The van der Waals surface area contributed by atoms with Gasteiger partial charge in [-0.05, 0) is 37.6 Å². The molecule has 23 heavy (non-hydrogen) atoms. The number of hydrogen-bond donors (Lipinski definition) is 1. The second-order valence-corrected chi connectivity index (χ2v) is 5.45. The van der Waals surface area contributed by atoms with Gasteiger partial charge in [0.15, 0.2) is 0 Å². The summed E-state index contributed by atoms with van der Waals surface area (Å²) in [5.74, 6) is 0.307. The van der Waals surface area contributed by atoms with Crippen molar-refractivity contribution < 1.29 is 9.53 Å². The van der Waals surface area contributed by atoms with Crippen LogP contribution in [0, 0.1) is 6.92 Å². The summed E-state index contributed by atoms with van der Waals surface area (Å²) in [5, 5.41) is 5.22. The summed E-state index contributed by atoms with van der Waals surface area (Å²) < 4.78 is 6.97. The van der Waals surface area contributed by atoms with Crippen LogP contribution < -0.4 is 10.5 Å². The van der Waals surface area contributed by atoms with Crippen LogP contribution in [0.1, 0.15) is 18.7 Å². The predicted octanol–water partition coefficient (Wildman–Crippen LogP) is 2.46. The maximum Gasteiger partial charge on any atom is 0.241 e. The molecule has 0 aliphatic heterocycles. The third-order valence-electron chi connectivity index (χ3n) is 3.90. The molecule has 3 rings (SSSR count). The highest BCUT2D eigenvalue weighted by Gasteiger charge is 2.15. The molecular formula is C17H18N4O2. The smallest absolute Gasteiger partial charge is 0.241 e. The number of aromatic nitrogens is 3. The lowest BCUT2D eigenvalue weighted by atomic mass is 10.0. The minimum absolute atomic E-state index is 0.420. The maximum atomic E-state index is 11.3. The molecule has 1 aromatic carbocycles. The molecule has 6 heteroatoms. The number of hydrogen-bond acceptors (Lipinski definition) is 4. The van der Waals surface area contributed by atoms with E-state index in [0.717, 1.165) is 33.5 Å². The van der Waals surface area contributed by atoms with E-state index in [9.17, 15) is 4.79 Å². The van der Waals surface area contributed by atoms with Gasteiger partial charge in [-0.25, -0.2) is 4.98 Å². The number of nitrogens with two attached hydrogens (primary N) is 1. The van der Waals surface area contributed by atoms with Crippen LogP contribution in [-0.4, -0.2) is 27.8 Å². The van der Waals surface area contributed by atoms with Gasteiger partial charge in [0, 0.05) is 22.8 Å². The molecule has 2 aromatic heterocycles. The first kappa shape index (κ1) is 15.0. The van der Waals surface area contributed by atoms with Crippen molar-refractivity contribution in [2.75, 3.05) is 7.11 Å². The molecule has 0 bridgehead atoms. The number of pyridine rings is 1. The molecule has 0 unspecified atom stereocenters. The van der Waals surface area contributed by atoms with Gasteiger partial charge in [-0.1, -0.05) is 6.07 Å². The topological polar surface area (TPSA) is 83.0 Å². The molecule has 0 aliphatic carbocycles.